The fourth-order valence-corrected chi connectivity index (χ4v) is 2.59. The van der Waals surface area contributed by atoms with Crippen LogP contribution in [0.5, 0.6) is 5.75 Å². The van der Waals surface area contributed by atoms with Crippen molar-refractivity contribution in [3.8, 4) is 5.75 Å². The van der Waals surface area contributed by atoms with E-state index in [1.54, 1.807) is 0 Å². The Morgan fingerprint density at radius 3 is 2.50 bits per heavy atom. The van der Waals surface area contributed by atoms with Gasteiger partial charge in [-0.3, -0.25) is 4.99 Å². The number of hydrogen-bond acceptors (Lipinski definition) is 3. The van der Waals surface area contributed by atoms with Crippen LogP contribution in [0.1, 0.15) is 24.0 Å². The molecule has 0 bridgehead atoms. The lowest BCUT2D eigenvalue weighted by Gasteiger charge is -2.15. The number of nitrogens with zero attached hydrogens (tertiary/aromatic N) is 1. The van der Waals surface area contributed by atoms with Crippen molar-refractivity contribution >= 4 is 5.96 Å². The molecule has 26 heavy (non-hydrogen) atoms. The van der Waals surface area contributed by atoms with E-state index in [-0.39, 0.29) is 12.5 Å². The first kappa shape index (κ1) is 19.8. The molecule has 0 amide bonds. The highest BCUT2D eigenvalue weighted by Crippen LogP contribution is 2.16. The van der Waals surface area contributed by atoms with Crippen molar-refractivity contribution in [2.75, 3.05) is 32.8 Å². The largest absolute Gasteiger partial charge is 0.491 e. The molecule has 5 heteroatoms. The molecule has 1 unspecified atom stereocenters. The average molecular weight is 355 g/mol. The van der Waals surface area contributed by atoms with Crippen molar-refractivity contribution in [1.29, 1.82) is 0 Å². The minimum Gasteiger partial charge on any atom is -0.491 e. The van der Waals surface area contributed by atoms with Gasteiger partial charge in [-0.25, -0.2) is 0 Å². The predicted octanol–water partition coefficient (Wildman–Crippen LogP) is 2.71. The van der Waals surface area contributed by atoms with Gasteiger partial charge in [0.25, 0.3) is 0 Å². The zero-order valence-electron chi connectivity index (χ0n) is 15.6. The zero-order valence-corrected chi connectivity index (χ0v) is 15.6. The van der Waals surface area contributed by atoms with E-state index in [2.05, 4.69) is 15.6 Å². The Hall–Kier alpha value is -2.53. The van der Waals surface area contributed by atoms with Crippen LogP contribution in [-0.2, 0) is 0 Å². The van der Waals surface area contributed by atoms with Gasteiger partial charge in [0.2, 0.25) is 0 Å². The minimum absolute atomic E-state index is 0.00475. The number of guanidine groups is 1. The van der Waals surface area contributed by atoms with Crippen LogP contribution in [0.2, 0.25) is 0 Å². The topological polar surface area (TPSA) is 65.9 Å². The molecule has 140 valence electrons. The van der Waals surface area contributed by atoms with Gasteiger partial charge >= 0.3 is 0 Å². The molecule has 5 nitrogen and oxygen atoms in total. The summed E-state index contributed by atoms with van der Waals surface area (Å²) in [7, 11) is 0. The molecule has 0 aliphatic carbocycles. The molecule has 0 saturated carbocycles. The third-order valence-electron chi connectivity index (χ3n) is 4.05. The smallest absolute Gasteiger partial charge is 0.191 e. The van der Waals surface area contributed by atoms with Crippen LogP contribution >= 0.6 is 0 Å². The number of ether oxygens (including phenoxy) is 1. The lowest BCUT2D eigenvalue weighted by molar-refractivity contribution is 0.268. The van der Waals surface area contributed by atoms with Crippen LogP contribution in [0, 0.1) is 6.92 Å². The SMILES string of the molecule is CCNC(=NCC(CO)c1ccccc1)NCCOc1ccccc1C. The van der Waals surface area contributed by atoms with Gasteiger partial charge in [0.15, 0.2) is 5.96 Å². The average Bonchev–Trinajstić information content (AvgIpc) is 2.67. The zero-order chi connectivity index (χ0) is 18.6. The summed E-state index contributed by atoms with van der Waals surface area (Å²) in [5, 5.41) is 16.2. The Labute approximate surface area is 156 Å². The van der Waals surface area contributed by atoms with Crippen LogP contribution in [0.3, 0.4) is 0 Å². The molecule has 0 saturated heterocycles. The molecule has 2 aromatic carbocycles. The molecule has 0 aromatic heterocycles. The summed E-state index contributed by atoms with van der Waals surface area (Å²) in [6.45, 7) is 6.64. The second-order valence-corrected chi connectivity index (χ2v) is 6.05. The maximum absolute atomic E-state index is 9.66. The third-order valence-corrected chi connectivity index (χ3v) is 4.05. The van der Waals surface area contributed by atoms with Crippen LogP contribution in [-0.4, -0.2) is 43.9 Å². The monoisotopic (exact) mass is 355 g/mol. The van der Waals surface area contributed by atoms with Gasteiger partial charge in [-0.15, -0.1) is 0 Å². The summed E-state index contributed by atoms with van der Waals surface area (Å²) in [5.41, 5.74) is 2.22. The van der Waals surface area contributed by atoms with E-state index in [0.717, 1.165) is 29.4 Å². The molecular weight excluding hydrogens is 326 g/mol. The number of hydrogen-bond donors (Lipinski definition) is 3. The van der Waals surface area contributed by atoms with Crippen LogP contribution in [0.25, 0.3) is 0 Å². The molecule has 0 fully saturated rings. The highest BCUT2D eigenvalue weighted by Gasteiger charge is 2.10. The van der Waals surface area contributed by atoms with Crippen molar-refractivity contribution in [3.05, 3.63) is 65.7 Å². The predicted molar refractivity (Wildman–Crippen MR) is 107 cm³/mol. The van der Waals surface area contributed by atoms with Crippen molar-refractivity contribution in [2.45, 2.75) is 19.8 Å². The van der Waals surface area contributed by atoms with E-state index in [1.807, 2.05) is 68.4 Å². The standard InChI is InChI=1S/C21H29N3O2/c1-3-22-21(23-13-14-26-20-12-8-7-9-17(20)2)24-15-19(16-25)18-10-5-4-6-11-18/h4-12,19,25H,3,13-16H2,1-2H3,(H2,22,23,24). The van der Waals surface area contributed by atoms with E-state index in [1.165, 1.54) is 0 Å². The first-order chi connectivity index (χ1) is 12.7. The highest BCUT2D eigenvalue weighted by molar-refractivity contribution is 5.79. The van der Waals surface area contributed by atoms with Gasteiger partial charge < -0.3 is 20.5 Å². The molecule has 0 radical (unpaired) electrons. The minimum atomic E-state index is -0.00475. The number of aliphatic hydroxyl groups is 1. The van der Waals surface area contributed by atoms with Gasteiger partial charge in [-0.2, -0.15) is 0 Å². The van der Waals surface area contributed by atoms with E-state index in [9.17, 15) is 5.11 Å². The van der Waals surface area contributed by atoms with E-state index >= 15 is 0 Å². The number of rotatable bonds is 9. The quantitative estimate of drug-likeness (QED) is 0.368. The van der Waals surface area contributed by atoms with E-state index in [4.69, 9.17) is 4.74 Å². The Kier molecular flexibility index (Phi) is 8.49. The molecule has 0 aliphatic heterocycles. The van der Waals surface area contributed by atoms with Crippen molar-refractivity contribution < 1.29 is 9.84 Å². The van der Waals surface area contributed by atoms with Crippen molar-refractivity contribution in [1.82, 2.24) is 10.6 Å². The first-order valence-electron chi connectivity index (χ1n) is 9.11. The Morgan fingerprint density at radius 2 is 1.81 bits per heavy atom. The summed E-state index contributed by atoms with van der Waals surface area (Å²) in [6, 6.07) is 18.0. The third kappa shape index (κ3) is 6.41. The fraction of sp³-hybridized carbons (Fsp3) is 0.381. The number of para-hydroxylation sites is 1. The van der Waals surface area contributed by atoms with Crippen molar-refractivity contribution in [3.63, 3.8) is 0 Å². The van der Waals surface area contributed by atoms with Crippen molar-refractivity contribution in [2.24, 2.45) is 4.99 Å². The van der Waals surface area contributed by atoms with Gasteiger partial charge in [0.05, 0.1) is 19.7 Å². The summed E-state index contributed by atoms with van der Waals surface area (Å²) in [5.74, 6) is 1.63. The first-order valence-corrected chi connectivity index (χ1v) is 9.11. The highest BCUT2D eigenvalue weighted by atomic mass is 16.5. The van der Waals surface area contributed by atoms with Gasteiger partial charge in [0, 0.05) is 12.5 Å². The van der Waals surface area contributed by atoms with Crippen LogP contribution in [0.15, 0.2) is 59.6 Å². The normalized spacial score (nSPS) is 12.5. The van der Waals surface area contributed by atoms with Crippen LogP contribution in [0.4, 0.5) is 0 Å². The summed E-state index contributed by atoms with van der Waals surface area (Å²) >= 11 is 0. The number of aliphatic imine (C=N–C) groups is 1. The fourth-order valence-electron chi connectivity index (χ4n) is 2.59. The molecule has 2 rings (SSSR count). The second-order valence-electron chi connectivity index (χ2n) is 6.05. The number of aryl methyl sites for hydroxylation is 1. The molecule has 0 heterocycles. The molecule has 2 aromatic rings. The lowest BCUT2D eigenvalue weighted by Crippen LogP contribution is -2.39. The summed E-state index contributed by atoms with van der Waals surface area (Å²) < 4.78 is 5.80. The Bertz CT molecular complexity index is 674. The number of benzene rings is 2. The molecule has 3 N–H and O–H groups in total. The van der Waals surface area contributed by atoms with E-state index in [0.29, 0.717) is 19.7 Å². The molecule has 1 atom stereocenters. The number of nitrogens with one attached hydrogen (secondary N) is 2. The summed E-state index contributed by atoms with van der Waals surface area (Å²) in [6.07, 6.45) is 0. The Morgan fingerprint density at radius 1 is 1.08 bits per heavy atom. The number of aliphatic hydroxyl groups excluding tert-OH is 1. The van der Waals surface area contributed by atoms with Gasteiger partial charge in [-0.1, -0.05) is 48.5 Å². The second kappa shape index (κ2) is 11.2. The summed E-state index contributed by atoms with van der Waals surface area (Å²) in [4.78, 5) is 4.60. The van der Waals surface area contributed by atoms with Gasteiger partial charge in [0.1, 0.15) is 12.4 Å². The van der Waals surface area contributed by atoms with E-state index < -0.39 is 0 Å². The molecule has 0 spiro atoms. The maximum Gasteiger partial charge on any atom is 0.191 e. The maximum atomic E-state index is 9.66. The van der Waals surface area contributed by atoms with Crippen LogP contribution < -0.4 is 15.4 Å². The Balaban J connectivity index is 1.85. The molecular formula is C21H29N3O2. The van der Waals surface area contributed by atoms with Gasteiger partial charge in [-0.05, 0) is 31.0 Å². The lowest BCUT2D eigenvalue weighted by atomic mass is 10.0. The molecule has 0 aliphatic rings.